The Morgan fingerprint density at radius 1 is 1.37 bits per heavy atom. The Balaban J connectivity index is 1.94. The fourth-order valence-corrected chi connectivity index (χ4v) is 2.75. The molecule has 0 bridgehead atoms. The summed E-state index contributed by atoms with van der Waals surface area (Å²) in [5, 5.41) is 4.03. The third-order valence-corrected chi connectivity index (χ3v) is 3.65. The van der Waals surface area contributed by atoms with Gasteiger partial charge in [-0.25, -0.2) is 0 Å². The number of likely N-dealkylation sites (N-methyl/N-ethyl adjacent to an activating group) is 1. The van der Waals surface area contributed by atoms with Crippen LogP contribution in [-0.2, 0) is 13.0 Å². The lowest BCUT2D eigenvalue weighted by atomic mass is 10.0. The van der Waals surface area contributed by atoms with E-state index in [0.29, 0.717) is 6.04 Å². The van der Waals surface area contributed by atoms with E-state index >= 15 is 0 Å². The summed E-state index contributed by atoms with van der Waals surface area (Å²) in [5.74, 6) is 1.62. The maximum atomic E-state index is 5.36. The van der Waals surface area contributed by atoms with Crippen LogP contribution in [0, 0.1) is 0 Å². The fourth-order valence-electron chi connectivity index (χ4n) is 2.75. The molecule has 1 aromatic rings. The molecular formula is C14H26N4O. The zero-order valence-electron chi connectivity index (χ0n) is 12.4. The molecule has 0 saturated carbocycles. The van der Waals surface area contributed by atoms with Crippen molar-refractivity contribution in [2.24, 2.45) is 0 Å². The van der Waals surface area contributed by atoms with E-state index in [9.17, 15) is 0 Å². The zero-order chi connectivity index (χ0) is 13.7. The highest BCUT2D eigenvalue weighted by molar-refractivity contribution is 4.89. The fraction of sp³-hybridized carbons (Fsp3) is 0.857. The molecule has 19 heavy (non-hydrogen) atoms. The van der Waals surface area contributed by atoms with Crippen molar-refractivity contribution in [3.63, 3.8) is 0 Å². The van der Waals surface area contributed by atoms with E-state index in [1.54, 1.807) is 0 Å². The average Bonchev–Trinajstić information content (AvgIpc) is 2.79. The van der Waals surface area contributed by atoms with E-state index in [1.165, 1.54) is 19.3 Å². The minimum absolute atomic E-state index is 0.616. The summed E-state index contributed by atoms with van der Waals surface area (Å²) < 4.78 is 5.36. The van der Waals surface area contributed by atoms with Gasteiger partial charge < -0.3 is 9.42 Å². The number of likely N-dealkylation sites (tertiary alicyclic amines) is 1. The average molecular weight is 266 g/mol. The summed E-state index contributed by atoms with van der Waals surface area (Å²) in [4.78, 5) is 9.23. The number of hydrogen-bond acceptors (Lipinski definition) is 5. The van der Waals surface area contributed by atoms with E-state index in [4.69, 9.17) is 4.52 Å². The summed E-state index contributed by atoms with van der Waals surface area (Å²) in [6, 6.07) is 0.616. The maximum Gasteiger partial charge on any atom is 0.240 e. The van der Waals surface area contributed by atoms with Crippen molar-refractivity contribution in [3.05, 3.63) is 11.7 Å². The molecule has 1 saturated heterocycles. The Labute approximate surface area is 116 Å². The topological polar surface area (TPSA) is 45.4 Å². The van der Waals surface area contributed by atoms with E-state index < -0.39 is 0 Å². The van der Waals surface area contributed by atoms with Crippen molar-refractivity contribution in [3.8, 4) is 0 Å². The number of aryl methyl sites for hydroxylation is 1. The van der Waals surface area contributed by atoms with E-state index in [2.05, 4.69) is 41.0 Å². The highest BCUT2D eigenvalue weighted by Crippen LogP contribution is 2.19. The normalized spacial score (nSPS) is 21.2. The molecule has 0 N–H and O–H groups in total. The lowest BCUT2D eigenvalue weighted by molar-refractivity contribution is 0.102. The molecule has 2 heterocycles. The van der Waals surface area contributed by atoms with Gasteiger partial charge in [0.1, 0.15) is 0 Å². The zero-order valence-corrected chi connectivity index (χ0v) is 12.4. The first-order valence-electron chi connectivity index (χ1n) is 7.39. The minimum atomic E-state index is 0.616. The molecule has 2 rings (SSSR count). The van der Waals surface area contributed by atoms with Gasteiger partial charge >= 0.3 is 0 Å². The molecule has 0 spiro atoms. The largest absolute Gasteiger partial charge is 0.338 e. The summed E-state index contributed by atoms with van der Waals surface area (Å²) in [7, 11) is 4.28. The molecule has 1 aromatic heterocycles. The molecule has 0 aromatic carbocycles. The SMILES string of the molecule is CCCc1noc(CN2CCCC[C@H]2CN(C)C)n1. The predicted octanol–water partition coefficient (Wildman–Crippen LogP) is 1.94. The van der Waals surface area contributed by atoms with Crippen LogP contribution in [0.1, 0.15) is 44.3 Å². The van der Waals surface area contributed by atoms with Crippen LogP contribution in [0.15, 0.2) is 4.52 Å². The van der Waals surface area contributed by atoms with Crippen molar-refractivity contribution in [2.45, 2.75) is 51.6 Å². The van der Waals surface area contributed by atoms with Crippen molar-refractivity contribution in [2.75, 3.05) is 27.2 Å². The first-order chi connectivity index (χ1) is 9.19. The Morgan fingerprint density at radius 2 is 2.21 bits per heavy atom. The second kappa shape index (κ2) is 7.01. The molecule has 0 aliphatic carbocycles. The van der Waals surface area contributed by atoms with Gasteiger partial charge in [0.15, 0.2) is 5.82 Å². The van der Waals surface area contributed by atoms with Crippen LogP contribution in [0.3, 0.4) is 0 Å². The lowest BCUT2D eigenvalue weighted by Crippen LogP contribution is -2.44. The van der Waals surface area contributed by atoms with E-state index in [1.807, 2.05) is 0 Å². The number of rotatable bonds is 6. The molecule has 0 amide bonds. The molecule has 1 aliphatic rings. The Bertz CT molecular complexity index is 377. The van der Waals surface area contributed by atoms with Crippen LogP contribution in [0.25, 0.3) is 0 Å². The molecule has 5 heteroatoms. The summed E-state index contributed by atoms with van der Waals surface area (Å²) in [6.07, 6.45) is 5.85. The third-order valence-electron chi connectivity index (χ3n) is 3.65. The lowest BCUT2D eigenvalue weighted by Gasteiger charge is -2.36. The smallest absolute Gasteiger partial charge is 0.240 e. The van der Waals surface area contributed by atoms with Gasteiger partial charge in [-0.1, -0.05) is 18.5 Å². The van der Waals surface area contributed by atoms with Crippen LogP contribution in [-0.4, -0.2) is 53.2 Å². The summed E-state index contributed by atoms with van der Waals surface area (Å²) >= 11 is 0. The van der Waals surface area contributed by atoms with Crippen molar-refractivity contribution in [1.82, 2.24) is 19.9 Å². The predicted molar refractivity (Wildman–Crippen MR) is 74.9 cm³/mol. The first-order valence-corrected chi connectivity index (χ1v) is 7.39. The van der Waals surface area contributed by atoms with E-state index in [0.717, 1.165) is 44.2 Å². The number of piperidine rings is 1. The molecular weight excluding hydrogens is 240 g/mol. The van der Waals surface area contributed by atoms with Crippen molar-refractivity contribution < 1.29 is 4.52 Å². The maximum absolute atomic E-state index is 5.36. The van der Waals surface area contributed by atoms with Gasteiger partial charge in [-0.2, -0.15) is 4.98 Å². The highest BCUT2D eigenvalue weighted by Gasteiger charge is 2.24. The molecule has 1 aliphatic heterocycles. The molecule has 108 valence electrons. The van der Waals surface area contributed by atoms with Crippen LogP contribution in [0.4, 0.5) is 0 Å². The quantitative estimate of drug-likeness (QED) is 0.787. The van der Waals surface area contributed by atoms with Crippen molar-refractivity contribution >= 4 is 0 Å². The van der Waals surface area contributed by atoms with E-state index in [-0.39, 0.29) is 0 Å². The van der Waals surface area contributed by atoms with Crippen LogP contribution in [0.2, 0.25) is 0 Å². The molecule has 0 radical (unpaired) electrons. The molecule has 1 atom stereocenters. The van der Waals surface area contributed by atoms with Gasteiger partial charge in [-0.05, 0) is 39.9 Å². The van der Waals surface area contributed by atoms with Crippen LogP contribution < -0.4 is 0 Å². The van der Waals surface area contributed by atoms with Gasteiger partial charge in [0, 0.05) is 19.0 Å². The molecule has 1 fully saturated rings. The minimum Gasteiger partial charge on any atom is -0.338 e. The van der Waals surface area contributed by atoms with Crippen LogP contribution >= 0.6 is 0 Å². The van der Waals surface area contributed by atoms with Gasteiger partial charge in [0.05, 0.1) is 6.54 Å². The summed E-state index contributed by atoms with van der Waals surface area (Å²) in [6.45, 7) is 5.18. The Kier molecular flexibility index (Phi) is 5.34. The van der Waals surface area contributed by atoms with Gasteiger partial charge in [-0.15, -0.1) is 0 Å². The van der Waals surface area contributed by atoms with Gasteiger partial charge in [-0.3, -0.25) is 4.90 Å². The van der Waals surface area contributed by atoms with Crippen molar-refractivity contribution in [1.29, 1.82) is 0 Å². The number of hydrogen-bond donors (Lipinski definition) is 0. The van der Waals surface area contributed by atoms with Gasteiger partial charge in [0.25, 0.3) is 0 Å². The molecule has 5 nitrogen and oxygen atoms in total. The standard InChI is InChI=1S/C14H26N4O/c1-4-7-13-15-14(19-16-13)11-18-9-6-5-8-12(18)10-17(2)3/h12H,4-11H2,1-3H3/t12-/m0/s1. The first kappa shape index (κ1) is 14.5. The number of aromatic nitrogens is 2. The monoisotopic (exact) mass is 266 g/mol. The number of nitrogens with zero attached hydrogens (tertiary/aromatic N) is 4. The Hall–Kier alpha value is -0.940. The highest BCUT2D eigenvalue weighted by atomic mass is 16.5. The Morgan fingerprint density at radius 3 is 2.95 bits per heavy atom. The third kappa shape index (κ3) is 4.28. The second-order valence-corrected chi connectivity index (χ2v) is 5.74. The summed E-state index contributed by atoms with van der Waals surface area (Å²) in [5.41, 5.74) is 0. The second-order valence-electron chi connectivity index (χ2n) is 5.74. The molecule has 0 unspecified atom stereocenters. The van der Waals surface area contributed by atoms with Gasteiger partial charge in [0.2, 0.25) is 5.89 Å². The van der Waals surface area contributed by atoms with Crippen LogP contribution in [0.5, 0.6) is 0 Å².